The fraction of sp³-hybridized carbons (Fsp3) is 0.455. The third kappa shape index (κ3) is 5.45. The zero-order chi connectivity index (χ0) is 18.5. The second-order valence-electron chi connectivity index (χ2n) is 7.49. The Bertz CT molecular complexity index is 754. The summed E-state index contributed by atoms with van der Waals surface area (Å²) in [4.78, 5) is 5.16. The molecule has 0 aliphatic carbocycles. The van der Waals surface area contributed by atoms with Gasteiger partial charge in [0, 0.05) is 57.4 Å². The number of ether oxygens (including phenoxy) is 1. The predicted octanol–water partition coefficient (Wildman–Crippen LogP) is 3.31. The van der Waals surface area contributed by atoms with Crippen LogP contribution in [-0.4, -0.2) is 55.1 Å². The van der Waals surface area contributed by atoms with Gasteiger partial charge in [0.2, 0.25) is 0 Å². The Morgan fingerprint density at radius 2 is 1.86 bits per heavy atom. The molecular formula is C22H29ClFN3O. The van der Waals surface area contributed by atoms with Crippen LogP contribution in [0, 0.1) is 5.82 Å². The van der Waals surface area contributed by atoms with E-state index in [1.165, 1.54) is 18.1 Å². The quantitative estimate of drug-likeness (QED) is 0.798. The Kier molecular flexibility index (Phi) is 7.68. The SMILES string of the molecule is Cl.Fc1ccccc1COc1cccc(CN2CCC(N3CCNCC3)C2)c1. The van der Waals surface area contributed by atoms with E-state index >= 15 is 0 Å². The Morgan fingerprint density at radius 1 is 1.04 bits per heavy atom. The van der Waals surface area contributed by atoms with Gasteiger partial charge in [0.05, 0.1) is 0 Å². The van der Waals surface area contributed by atoms with E-state index in [2.05, 4.69) is 27.2 Å². The van der Waals surface area contributed by atoms with Gasteiger partial charge in [-0.3, -0.25) is 9.80 Å². The van der Waals surface area contributed by atoms with Crippen molar-refractivity contribution in [2.24, 2.45) is 0 Å². The second-order valence-corrected chi connectivity index (χ2v) is 7.49. The highest BCUT2D eigenvalue weighted by Gasteiger charge is 2.28. The molecule has 6 heteroatoms. The molecule has 1 N–H and O–H groups in total. The van der Waals surface area contributed by atoms with E-state index in [0.717, 1.165) is 51.6 Å². The van der Waals surface area contributed by atoms with E-state index in [1.54, 1.807) is 12.1 Å². The van der Waals surface area contributed by atoms with E-state index in [-0.39, 0.29) is 24.8 Å². The fourth-order valence-corrected chi connectivity index (χ4v) is 4.07. The molecule has 0 amide bonds. The summed E-state index contributed by atoms with van der Waals surface area (Å²) in [6, 6.07) is 15.6. The lowest BCUT2D eigenvalue weighted by Gasteiger charge is -2.32. The number of hydrogen-bond acceptors (Lipinski definition) is 4. The van der Waals surface area contributed by atoms with Crippen LogP contribution >= 0.6 is 12.4 Å². The number of benzene rings is 2. The van der Waals surface area contributed by atoms with Gasteiger partial charge in [0.15, 0.2) is 0 Å². The first-order valence-electron chi connectivity index (χ1n) is 9.90. The normalized spacial score (nSPS) is 20.7. The summed E-state index contributed by atoms with van der Waals surface area (Å²) in [5, 5.41) is 3.43. The molecule has 2 saturated heterocycles. The molecule has 1 atom stereocenters. The Hall–Kier alpha value is -1.66. The summed E-state index contributed by atoms with van der Waals surface area (Å²) < 4.78 is 19.6. The van der Waals surface area contributed by atoms with Crippen LogP contribution in [0.15, 0.2) is 48.5 Å². The zero-order valence-corrected chi connectivity index (χ0v) is 17.0. The summed E-state index contributed by atoms with van der Waals surface area (Å²) in [5.41, 5.74) is 1.84. The van der Waals surface area contributed by atoms with Crippen molar-refractivity contribution >= 4 is 12.4 Å². The number of nitrogens with zero attached hydrogens (tertiary/aromatic N) is 2. The molecule has 152 valence electrons. The molecule has 0 radical (unpaired) electrons. The van der Waals surface area contributed by atoms with E-state index in [1.807, 2.05) is 18.2 Å². The smallest absolute Gasteiger partial charge is 0.129 e. The third-order valence-corrected chi connectivity index (χ3v) is 5.57. The molecule has 0 bridgehead atoms. The largest absolute Gasteiger partial charge is 0.489 e. The average Bonchev–Trinajstić information content (AvgIpc) is 3.17. The maximum Gasteiger partial charge on any atom is 0.129 e. The lowest BCUT2D eigenvalue weighted by molar-refractivity contribution is 0.170. The van der Waals surface area contributed by atoms with Crippen molar-refractivity contribution in [1.82, 2.24) is 15.1 Å². The van der Waals surface area contributed by atoms with Crippen molar-refractivity contribution in [2.45, 2.75) is 25.6 Å². The van der Waals surface area contributed by atoms with Crippen LogP contribution in [0.2, 0.25) is 0 Å². The van der Waals surface area contributed by atoms with Gasteiger partial charge >= 0.3 is 0 Å². The van der Waals surface area contributed by atoms with E-state index < -0.39 is 0 Å². The molecule has 0 aromatic heterocycles. The maximum absolute atomic E-state index is 13.7. The number of halogens is 2. The highest BCUT2D eigenvalue weighted by molar-refractivity contribution is 5.85. The van der Waals surface area contributed by atoms with Gasteiger partial charge in [0.25, 0.3) is 0 Å². The predicted molar refractivity (Wildman–Crippen MR) is 113 cm³/mol. The summed E-state index contributed by atoms with van der Waals surface area (Å²) in [6.07, 6.45) is 1.25. The van der Waals surface area contributed by atoms with Crippen LogP contribution in [-0.2, 0) is 13.2 Å². The van der Waals surface area contributed by atoms with Crippen LogP contribution in [0.25, 0.3) is 0 Å². The van der Waals surface area contributed by atoms with Crippen molar-refractivity contribution in [3.8, 4) is 5.75 Å². The van der Waals surface area contributed by atoms with Gasteiger partial charge < -0.3 is 10.1 Å². The first-order chi connectivity index (χ1) is 13.3. The summed E-state index contributed by atoms with van der Waals surface area (Å²) in [6.45, 7) is 8.03. The van der Waals surface area contributed by atoms with E-state index in [9.17, 15) is 4.39 Å². The van der Waals surface area contributed by atoms with Gasteiger partial charge in [-0.2, -0.15) is 0 Å². The van der Waals surface area contributed by atoms with Crippen LogP contribution in [0.5, 0.6) is 5.75 Å². The van der Waals surface area contributed by atoms with Crippen molar-refractivity contribution in [3.63, 3.8) is 0 Å². The third-order valence-electron chi connectivity index (χ3n) is 5.57. The number of piperazine rings is 1. The Balaban J connectivity index is 0.00000225. The highest BCUT2D eigenvalue weighted by Crippen LogP contribution is 2.21. The minimum Gasteiger partial charge on any atom is -0.489 e. The second kappa shape index (κ2) is 10.2. The molecule has 2 heterocycles. The maximum atomic E-state index is 13.7. The summed E-state index contributed by atoms with van der Waals surface area (Å²) in [5.74, 6) is 0.582. The molecule has 0 spiro atoms. The molecule has 2 aliphatic rings. The van der Waals surface area contributed by atoms with Gasteiger partial charge in [0.1, 0.15) is 18.2 Å². The van der Waals surface area contributed by atoms with Crippen LogP contribution in [0.3, 0.4) is 0 Å². The summed E-state index contributed by atoms with van der Waals surface area (Å²) in [7, 11) is 0. The number of likely N-dealkylation sites (tertiary alicyclic amines) is 1. The lowest BCUT2D eigenvalue weighted by atomic mass is 10.2. The van der Waals surface area contributed by atoms with Crippen molar-refractivity contribution < 1.29 is 9.13 Å². The minimum atomic E-state index is -0.218. The van der Waals surface area contributed by atoms with Gasteiger partial charge in [-0.25, -0.2) is 4.39 Å². The van der Waals surface area contributed by atoms with Crippen molar-refractivity contribution in [1.29, 1.82) is 0 Å². The molecule has 2 fully saturated rings. The van der Waals surface area contributed by atoms with Crippen LogP contribution < -0.4 is 10.1 Å². The van der Waals surface area contributed by atoms with Gasteiger partial charge in [-0.1, -0.05) is 30.3 Å². The number of rotatable bonds is 6. The van der Waals surface area contributed by atoms with Crippen molar-refractivity contribution in [2.75, 3.05) is 39.3 Å². The first kappa shape index (κ1) is 21.1. The summed E-state index contributed by atoms with van der Waals surface area (Å²) >= 11 is 0. The van der Waals surface area contributed by atoms with Crippen LogP contribution in [0.1, 0.15) is 17.5 Å². The average molecular weight is 406 g/mol. The van der Waals surface area contributed by atoms with Gasteiger partial charge in [-0.05, 0) is 30.2 Å². The molecule has 1 unspecified atom stereocenters. The fourth-order valence-electron chi connectivity index (χ4n) is 4.07. The molecule has 4 rings (SSSR count). The topological polar surface area (TPSA) is 27.7 Å². The monoisotopic (exact) mass is 405 g/mol. The molecule has 28 heavy (non-hydrogen) atoms. The molecule has 4 nitrogen and oxygen atoms in total. The Labute approximate surface area is 173 Å². The van der Waals surface area contributed by atoms with E-state index in [0.29, 0.717) is 11.6 Å². The van der Waals surface area contributed by atoms with Gasteiger partial charge in [-0.15, -0.1) is 12.4 Å². The molecular weight excluding hydrogens is 377 g/mol. The molecule has 2 aromatic carbocycles. The standard InChI is InChI=1S/C22H28FN3O.ClH/c23-22-7-2-1-5-19(22)17-27-21-6-3-4-18(14-21)15-25-11-8-20(16-25)26-12-9-24-10-13-26;/h1-7,14,20,24H,8-13,15-17H2;1H. The highest BCUT2D eigenvalue weighted by atomic mass is 35.5. The molecule has 0 saturated carbocycles. The van der Waals surface area contributed by atoms with Crippen molar-refractivity contribution in [3.05, 3.63) is 65.5 Å². The van der Waals surface area contributed by atoms with E-state index in [4.69, 9.17) is 4.74 Å². The minimum absolute atomic E-state index is 0. The van der Waals surface area contributed by atoms with Crippen LogP contribution in [0.4, 0.5) is 4.39 Å². The number of nitrogens with one attached hydrogen (secondary N) is 1. The zero-order valence-electron chi connectivity index (χ0n) is 16.1. The molecule has 2 aliphatic heterocycles. The lowest BCUT2D eigenvalue weighted by Crippen LogP contribution is -2.49. The first-order valence-corrected chi connectivity index (χ1v) is 9.90. The Morgan fingerprint density at radius 3 is 2.68 bits per heavy atom. The molecule has 2 aromatic rings. The number of hydrogen-bond donors (Lipinski definition) is 1.